The fraction of sp³-hybridized carbons (Fsp3) is 0.571. The van der Waals surface area contributed by atoms with Crippen molar-refractivity contribution >= 4 is 11.4 Å². The number of halogens is 1. The molecule has 20 heavy (non-hydrogen) atoms. The summed E-state index contributed by atoms with van der Waals surface area (Å²) >= 11 is 0. The molecule has 5 N–H and O–H groups in total. The van der Waals surface area contributed by atoms with Crippen molar-refractivity contribution in [3.8, 4) is 5.75 Å². The molecule has 0 aliphatic carbocycles. The minimum Gasteiger partial charge on any atom is -0.488 e. The lowest BCUT2D eigenvalue weighted by Gasteiger charge is -2.31. The highest BCUT2D eigenvalue weighted by Gasteiger charge is 2.27. The van der Waals surface area contributed by atoms with Crippen LogP contribution in [0.2, 0.25) is 0 Å². The van der Waals surface area contributed by atoms with Gasteiger partial charge in [0.1, 0.15) is 0 Å². The van der Waals surface area contributed by atoms with E-state index in [1.54, 1.807) is 13.8 Å². The van der Waals surface area contributed by atoms with Crippen LogP contribution in [-0.4, -0.2) is 35.1 Å². The molecule has 0 radical (unpaired) electrons. The van der Waals surface area contributed by atoms with Gasteiger partial charge in [-0.3, -0.25) is 0 Å². The van der Waals surface area contributed by atoms with E-state index in [0.29, 0.717) is 12.1 Å². The molecule has 114 valence electrons. The number of hydrogen-bond acceptors (Lipinski definition) is 5. The number of rotatable bonds is 7. The normalized spacial score (nSPS) is 11.8. The first kappa shape index (κ1) is 16.5. The van der Waals surface area contributed by atoms with Gasteiger partial charge in [0.25, 0.3) is 0 Å². The minimum absolute atomic E-state index is 0.0811. The van der Waals surface area contributed by atoms with Gasteiger partial charge in [0.05, 0.1) is 36.2 Å². The maximum Gasteiger partial charge on any atom is 0.167 e. The maximum absolute atomic E-state index is 13.7. The van der Waals surface area contributed by atoms with Crippen molar-refractivity contribution in [3.05, 3.63) is 17.9 Å². The molecule has 6 heteroatoms. The Morgan fingerprint density at radius 1 is 1.35 bits per heavy atom. The molecule has 0 atom stereocenters. The monoisotopic (exact) mass is 286 g/mol. The molecule has 0 saturated heterocycles. The number of nitrogen functional groups attached to an aromatic ring is 1. The molecule has 0 bridgehead atoms. The first-order chi connectivity index (χ1) is 9.37. The number of nitrogens with one attached hydrogen (secondary N) is 1. The molecule has 0 unspecified atom stereocenters. The second-order valence-corrected chi connectivity index (χ2v) is 5.11. The van der Waals surface area contributed by atoms with Crippen molar-refractivity contribution in [2.24, 2.45) is 0 Å². The number of ether oxygens (including phenoxy) is 1. The Kier molecular flexibility index (Phi) is 5.59. The number of aliphatic hydroxyl groups is 2. The smallest absolute Gasteiger partial charge is 0.167 e. The Morgan fingerprint density at radius 2 is 1.95 bits per heavy atom. The van der Waals surface area contributed by atoms with E-state index >= 15 is 0 Å². The number of benzene rings is 1. The zero-order chi connectivity index (χ0) is 15.3. The Bertz CT molecular complexity index is 440. The first-order valence-electron chi connectivity index (χ1n) is 6.63. The van der Waals surface area contributed by atoms with Gasteiger partial charge in [-0.25, -0.2) is 4.39 Å². The molecule has 0 aliphatic rings. The lowest BCUT2D eigenvalue weighted by atomic mass is 9.97. The van der Waals surface area contributed by atoms with Gasteiger partial charge in [-0.2, -0.15) is 0 Å². The van der Waals surface area contributed by atoms with Crippen LogP contribution >= 0.6 is 0 Å². The van der Waals surface area contributed by atoms with Crippen molar-refractivity contribution < 1.29 is 19.3 Å². The summed E-state index contributed by atoms with van der Waals surface area (Å²) in [5.74, 6) is -0.463. The Balaban J connectivity index is 3.11. The van der Waals surface area contributed by atoms with Crippen LogP contribution in [0.4, 0.5) is 15.8 Å². The zero-order valence-corrected chi connectivity index (χ0v) is 12.1. The summed E-state index contributed by atoms with van der Waals surface area (Å²) < 4.78 is 19.1. The fourth-order valence-corrected chi connectivity index (χ4v) is 1.75. The van der Waals surface area contributed by atoms with Crippen molar-refractivity contribution in [1.29, 1.82) is 0 Å². The fourth-order valence-electron chi connectivity index (χ4n) is 1.75. The topological polar surface area (TPSA) is 87.7 Å². The highest BCUT2D eigenvalue weighted by atomic mass is 19.1. The maximum atomic E-state index is 13.7. The molecule has 0 amide bonds. The van der Waals surface area contributed by atoms with Crippen LogP contribution in [0, 0.1) is 5.82 Å². The zero-order valence-electron chi connectivity index (χ0n) is 12.1. The van der Waals surface area contributed by atoms with Crippen LogP contribution in [-0.2, 0) is 0 Å². The lowest BCUT2D eigenvalue weighted by Crippen LogP contribution is -2.45. The number of aliphatic hydroxyl groups excluding tert-OH is 2. The van der Waals surface area contributed by atoms with Crippen molar-refractivity contribution in [2.75, 3.05) is 24.3 Å². The molecule has 0 saturated carbocycles. The van der Waals surface area contributed by atoms with Gasteiger partial charge in [0.15, 0.2) is 11.6 Å². The lowest BCUT2D eigenvalue weighted by molar-refractivity contribution is 0.132. The van der Waals surface area contributed by atoms with Crippen LogP contribution < -0.4 is 15.8 Å². The van der Waals surface area contributed by atoms with E-state index in [2.05, 4.69) is 5.32 Å². The molecule has 0 fully saturated rings. The summed E-state index contributed by atoms with van der Waals surface area (Å²) in [6.45, 7) is 4.88. The Hall–Kier alpha value is -1.53. The van der Waals surface area contributed by atoms with E-state index in [0.717, 1.165) is 6.07 Å². The summed E-state index contributed by atoms with van der Waals surface area (Å²) in [6.07, 6.45) is 0.310. The average molecular weight is 286 g/mol. The molecular formula is C14H23FN2O3. The molecule has 0 spiro atoms. The van der Waals surface area contributed by atoms with Gasteiger partial charge in [-0.05, 0) is 20.3 Å². The van der Waals surface area contributed by atoms with Gasteiger partial charge in [-0.1, -0.05) is 6.92 Å². The molecule has 1 aromatic carbocycles. The number of hydrogen-bond donors (Lipinski definition) is 4. The molecular weight excluding hydrogens is 263 g/mol. The van der Waals surface area contributed by atoms with E-state index in [1.165, 1.54) is 6.07 Å². The molecule has 1 aromatic rings. The second-order valence-electron chi connectivity index (χ2n) is 5.11. The minimum atomic E-state index is -0.902. The molecule has 0 heterocycles. The van der Waals surface area contributed by atoms with Crippen molar-refractivity contribution in [1.82, 2.24) is 0 Å². The van der Waals surface area contributed by atoms with Gasteiger partial charge in [0.2, 0.25) is 0 Å². The Labute approximate surface area is 118 Å². The van der Waals surface area contributed by atoms with Crippen molar-refractivity contribution in [2.45, 2.75) is 38.8 Å². The Morgan fingerprint density at radius 3 is 2.40 bits per heavy atom. The third-order valence-electron chi connectivity index (χ3n) is 3.15. The first-order valence-corrected chi connectivity index (χ1v) is 6.63. The van der Waals surface area contributed by atoms with Crippen LogP contribution in [0.5, 0.6) is 5.75 Å². The summed E-state index contributed by atoms with van der Waals surface area (Å²) in [7, 11) is 0. The SMILES string of the molecule is CCC(CO)(CO)Nc1cc(OC(C)C)c(F)cc1N. The summed E-state index contributed by atoms with van der Waals surface area (Å²) in [5.41, 5.74) is 5.49. The predicted octanol–water partition coefficient (Wildman–Crippen LogP) is 1.74. The highest BCUT2D eigenvalue weighted by Crippen LogP contribution is 2.31. The van der Waals surface area contributed by atoms with E-state index in [9.17, 15) is 14.6 Å². The van der Waals surface area contributed by atoms with Gasteiger partial charge >= 0.3 is 0 Å². The summed E-state index contributed by atoms with van der Waals surface area (Å²) in [6, 6.07) is 2.61. The van der Waals surface area contributed by atoms with Crippen LogP contribution in [0.1, 0.15) is 27.2 Å². The highest BCUT2D eigenvalue weighted by molar-refractivity contribution is 5.69. The summed E-state index contributed by atoms with van der Waals surface area (Å²) in [5, 5.41) is 21.8. The molecule has 1 rings (SSSR count). The van der Waals surface area contributed by atoms with Gasteiger partial charge < -0.3 is 26.0 Å². The van der Waals surface area contributed by atoms with Crippen molar-refractivity contribution in [3.63, 3.8) is 0 Å². The molecule has 0 aliphatic heterocycles. The predicted molar refractivity (Wildman–Crippen MR) is 77.4 cm³/mol. The molecule has 5 nitrogen and oxygen atoms in total. The largest absolute Gasteiger partial charge is 0.488 e. The van der Waals surface area contributed by atoms with Gasteiger partial charge in [-0.15, -0.1) is 0 Å². The third-order valence-corrected chi connectivity index (χ3v) is 3.15. The standard InChI is InChI=1S/C14H23FN2O3/c1-4-14(7-18,8-19)17-12-6-13(20-9(2)3)10(15)5-11(12)16/h5-6,9,17-19H,4,7-8,16H2,1-3H3. The quantitative estimate of drug-likeness (QED) is 0.573. The van der Waals surface area contributed by atoms with Crippen LogP contribution in [0.3, 0.4) is 0 Å². The third kappa shape index (κ3) is 3.74. The number of anilines is 2. The van der Waals surface area contributed by atoms with Gasteiger partial charge in [0, 0.05) is 12.1 Å². The van der Waals surface area contributed by atoms with Crippen LogP contribution in [0.25, 0.3) is 0 Å². The van der Waals surface area contributed by atoms with E-state index < -0.39 is 11.4 Å². The van der Waals surface area contributed by atoms with Crippen LogP contribution in [0.15, 0.2) is 12.1 Å². The summed E-state index contributed by atoms with van der Waals surface area (Å²) in [4.78, 5) is 0. The molecule has 0 aromatic heterocycles. The second kappa shape index (κ2) is 6.76. The average Bonchev–Trinajstić information content (AvgIpc) is 2.40. The number of nitrogens with two attached hydrogens (primary N) is 1. The van der Waals surface area contributed by atoms with E-state index in [-0.39, 0.29) is 30.8 Å². The van der Waals surface area contributed by atoms with E-state index in [4.69, 9.17) is 10.5 Å². The van der Waals surface area contributed by atoms with E-state index in [1.807, 2.05) is 6.92 Å².